The summed E-state index contributed by atoms with van der Waals surface area (Å²) in [4.78, 5) is 12.9. The van der Waals surface area contributed by atoms with E-state index in [-0.39, 0.29) is 12.3 Å². The molecular formula is C32H44ClN2O2S+. The molecule has 2 aromatic carbocycles. The number of aryl methyl sites for hydroxylation is 1. The van der Waals surface area contributed by atoms with Gasteiger partial charge in [-0.05, 0) is 36.2 Å². The van der Waals surface area contributed by atoms with Crippen molar-refractivity contribution >= 4 is 34.5 Å². The highest BCUT2D eigenvalue weighted by atomic mass is 35.5. The topological polar surface area (TPSA) is 42.2 Å². The van der Waals surface area contributed by atoms with E-state index in [4.69, 9.17) is 16.3 Å². The maximum absolute atomic E-state index is 12.9. The van der Waals surface area contributed by atoms with Crippen molar-refractivity contribution in [3.63, 3.8) is 0 Å². The van der Waals surface area contributed by atoms with Crippen LogP contribution in [0.3, 0.4) is 0 Å². The minimum atomic E-state index is -0.0640. The Hall–Kier alpha value is -2.37. The summed E-state index contributed by atoms with van der Waals surface area (Å²) >= 11 is 8.03. The molecule has 4 nitrogen and oxygen atoms in total. The van der Waals surface area contributed by atoms with Crippen LogP contribution in [0.4, 0.5) is 5.69 Å². The van der Waals surface area contributed by atoms with E-state index < -0.39 is 0 Å². The fourth-order valence-corrected chi connectivity index (χ4v) is 5.72. The zero-order valence-corrected chi connectivity index (χ0v) is 24.7. The number of para-hydroxylation sites is 1. The van der Waals surface area contributed by atoms with E-state index >= 15 is 0 Å². The molecule has 1 heterocycles. The van der Waals surface area contributed by atoms with Crippen molar-refractivity contribution in [3.8, 4) is 16.3 Å². The van der Waals surface area contributed by atoms with Gasteiger partial charge >= 0.3 is 0 Å². The van der Waals surface area contributed by atoms with Gasteiger partial charge in [0.1, 0.15) is 12.8 Å². The first kappa shape index (κ1) is 30.2. The molecule has 0 aliphatic rings. The monoisotopic (exact) mass is 555 g/mol. The first-order valence-corrected chi connectivity index (χ1v) is 15.6. The van der Waals surface area contributed by atoms with Crippen LogP contribution >= 0.6 is 22.9 Å². The number of anilines is 1. The molecule has 3 rings (SSSR count). The zero-order chi connectivity index (χ0) is 27.0. The van der Waals surface area contributed by atoms with Crippen LogP contribution in [0.15, 0.2) is 54.0 Å². The van der Waals surface area contributed by atoms with Crippen LogP contribution in [0.25, 0.3) is 10.6 Å². The summed E-state index contributed by atoms with van der Waals surface area (Å²) in [5, 5.41) is 6.81. The second-order valence-corrected chi connectivity index (χ2v) is 11.4. The molecule has 0 aliphatic carbocycles. The van der Waals surface area contributed by atoms with Gasteiger partial charge < -0.3 is 10.1 Å². The van der Waals surface area contributed by atoms with E-state index in [1.54, 1.807) is 11.3 Å². The van der Waals surface area contributed by atoms with Crippen molar-refractivity contribution in [2.45, 2.75) is 90.4 Å². The maximum atomic E-state index is 12.9. The highest BCUT2D eigenvalue weighted by Crippen LogP contribution is 2.29. The molecule has 0 fully saturated rings. The number of hydrogen-bond donors (Lipinski definition) is 1. The first-order valence-electron chi connectivity index (χ1n) is 14.3. The molecule has 0 bridgehead atoms. The number of hydrogen-bond acceptors (Lipinski definition) is 3. The minimum Gasteiger partial charge on any atom is -0.492 e. The van der Waals surface area contributed by atoms with Crippen molar-refractivity contribution in [3.05, 3.63) is 64.6 Å². The Morgan fingerprint density at radius 3 is 2.24 bits per heavy atom. The Kier molecular flexibility index (Phi) is 13.7. The number of nitrogens with one attached hydrogen (secondary N) is 1. The average molecular weight is 556 g/mol. The van der Waals surface area contributed by atoms with Gasteiger partial charge in [-0.15, -0.1) is 0 Å². The lowest BCUT2D eigenvalue weighted by molar-refractivity contribution is -0.655. The van der Waals surface area contributed by atoms with E-state index in [1.165, 1.54) is 70.6 Å². The van der Waals surface area contributed by atoms with Crippen LogP contribution < -0.4 is 14.6 Å². The number of rotatable bonds is 18. The number of carbonyl (C=O) groups excluding carboxylic acids is 1. The van der Waals surface area contributed by atoms with Crippen molar-refractivity contribution in [2.75, 3.05) is 11.9 Å². The van der Waals surface area contributed by atoms with Crippen LogP contribution in [-0.4, -0.2) is 12.5 Å². The SMILES string of the molecule is CCCCCCCCCCCCCCOc1cc(CC(=O)Nc2ccccc2-c2scc[n+]2C)ccc1Cl. The average Bonchev–Trinajstić information content (AvgIpc) is 3.34. The molecule has 6 heteroatoms. The number of nitrogens with zero attached hydrogens (tertiary/aromatic N) is 1. The van der Waals surface area contributed by atoms with Crippen LogP contribution in [0, 0.1) is 0 Å². The van der Waals surface area contributed by atoms with E-state index in [0.29, 0.717) is 17.4 Å². The lowest BCUT2D eigenvalue weighted by Crippen LogP contribution is -2.27. The highest BCUT2D eigenvalue weighted by Gasteiger charge is 2.17. The molecule has 1 aromatic heterocycles. The summed E-state index contributed by atoms with van der Waals surface area (Å²) in [5.74, 6) is 0.594. The molecular weight excluding hydrogens is 512 g/mol. The Morgan fingerprint density at radius 1 is 0.921 bits per heavy atom. The van der Waals surface area contributed by atoms with Gasteiger partial charge in [0.25, 0.3) is 5.01 Å². The smallest absolute Gasteiger partial charge is 0.270 e. The molecule has 3 aromatic rings. The number of aromatic nitrogens is 1. The van der Waals surface area contributed by atoms with Crippen LogP contribution in [0.2, 0.25) is 5.02 Å². The van der Waals surface area contributed by atoms with Gasteiger partial charge in [0.15, 0.2) is 6.20 Å². The highest BCUT2D eigenvalue weighted by molar-refractivity contribution is 7.12. The van der Waals surface area contributed by atoms with E-state index in [0.717, 1.165) is 28.2 Å². The van der Waals surface area contributed by atoms with Gasteiger partial charge in [-0.2, -0.15) is 4.57 Å². The van der Waals surface area contributed by atoms with Crippen LogP contribution in [-0.2, 0) is 18.3 Å². The third-order valence-electron chi connectivity index (χ3n) is 6.83. The van der Waals surface area contributed by atoms with Crippen LogP contribution in [0.5, 0.6) is 5.75 Å². The maximum Gasteiger partial charge on any atom is 0.270 e. The normalized spacial score (nSPS) is 11.0. The second kappa shape index (κ2) is 17.3. The van der Waals surface area contributed by atoms with E-state index in [9.17, 15) is 4.79 Å². The van der Waals surface area contributed by atoms with Gasteiger partial charge in [0.05, 0.1) is 34.7 Å². The standard InChI is InChI=1S/C32H43ClN2O2S/c1-3-4-5-6-7-8-9-10-11-12-13-16-22-37-30-24-26(19-20-28(30)33)25-31(36)34-29-18-15-14-17-27(29)32-35(2)21-23-38-32/h14-15,17-21,23-24H,3-13,16,22,25H2,1-2H3/p+1. The van der Waals surface area contributed by atoms with Gasteiger partial charge in [-0.25, -0.2) is 0 Å². The Balaban J connectivity index is 1.37. The number of ether oxygens (including phenoxy) is 1. The molecule has 0 aliphatic heterocycles. The molecule has 0 saturated heterocycles. The number of benzene rings is 2. The Labute approximate surface area is 238 Å². The Bertz CT molecular complexity index is 1110. The summed E-state index contributed by atoms with van der Waals surface area (Å²) in [7, 11) is 2.01. The predicted octanol–water partition coefficient (Wildman–Crippen LogP) is 9.15. The molecule has 0 atom stereocenters. The van der Waals surface area contributed by atoms with Crippen molar-refractivity contribution in [1.82, 2.24) is 0 Å². The predicted molar refractivity (Wildman–Crippen MR) is 161 cm³/mol. The molecule has 0 radical (unpaired) electrons. The number of unbranched alkanes of at least 4 members (excludes halogenated alkanes) is 11. The van der Waals surface area contributed by atoms with Crippen molar-refractivity contribution in [2.24, 2.45) is 7.05 Å². The molecule has 1 amide bonds. The van der Waals surface area contributed by atoms with E-state index in [2.05, 4.69) is 16.8 Å². The van der Waals surface area contributed by atoms with Gasteiger partial charge in [0.2, 0.25) is 5.91 Å². The molecule has 0 spiro atoms. The summed E-state index contributed by atoms with van der Waals surface area (Å²) in [6.45, 7) is 2.92. The molecule has 206 valence electrons. The van der Waals surface area contributed by atoms with E-state index in [1.807, 2.05) is 61.1 Å². The number of amides is 1. The molecule has 38 heavy (non-hydrogen) atoms. The van der Waals surface area contributed by atoms with Crippen molar-refractivity contribution in [1.29, 1.82) is 0 Å². The zero-order valence-electron chi connectivity index (χ0n) is 23.1. The number of thiazole rings is 1. The molecule has 1 N–H and O–H groups in total. The van der Waals surface area contributed by atoms with Gasteiger partial charge in [-0.1, -0.05) is 119 Å². The third kappa shape index (κ3) is 10.4. The summed E-state index contributed by atoms with van der Waals surface area (Å²) < 4.78 is 8.05. The third-order valence-corrected chi connectivity index (χ3v) is 8.13. The van der Waals surface area contributed by atoms with Gasteiger partial charge in [-0.3, -0.25) is 4.79 Å². The lowest BCUT2D eigenvalue weighted by Gasteiger charge is -2.11. The summed E-state index contributed by atoms with van der Waals surface area (Å²) in [6.07, 6.45) is 18.1. The number of carbonyl (C=O) groups is 1. The largest absolute Gasteiger partial charge is 0.492 e. The quantitative estimate of drug-likeness (QED) is 0.125. The van der Waals surface area contributed by atoms with Gasteiger partial charge in [0, 0.05) is 0 Å². The Morgan fingerprint density at radius 2 is 1.58 bits per heavy atom. The number of halogens is 1. The fraction of sp³-hybridized carbons (Fsp3) is 0.500. The lowest BCUT2D eigenvalue weighted by atomic mass is 10.1. The van der Waals surface area contributed by atoms with Crippen molar-refractivity contribution < 1.29 is 14.1 Å². The van der Waals surface area contributed by atoms with Crippen LogP contribution in [0.1, 0.15) is 89.5 Å². The fourth-order valence-electron chi connectivity index (χ4n) is 4.64. The minimum absolute atomic E-state index is 0.0640. The molecule has 0 saturated carbocycles. The molecule has 0 unspecified atom stereocenters. The first-order chi connectivity index (χ1) is 18.6. The summed E-state index contributed by atoms with van der Waals surface area (Å²) in [5.41, 5.74) is 2.71. The summed E-state index contributed by atoms with van der Waals surface area (Å²) in [6, 6.07) is 13.5. The second-order valence-electron chi connectivity index (χ2n) is 10.1.